The Bertz CT molecular complexity index is 3220. The first-order valence-corrected chi connectivity index (χ1v) is 16.0. The first-order chi connectivity index (χ1) is 27.1. The molecule has 0 saturated carbocycles. The Morgan fingerprint density at radius 3 is 1.27 bits per heavy atom. The fourth-order valence-electron chi connectivity index (χ4n) is 7.46. The number of hydrogen-bond donors (Lipinski definition) is 0. The minimum atomic E-state index is -0.418. The molecule has 10 aromatic carbocycles. The van der Waals surface area contributed by atoms with Crippen LogP contribution in [0.1, 0.15) is 11.0 Å². The van der Waals surface area contributed by atoms with E-state index in [9.17, 15) is 5.48 Å². The maximum Gasteiger partial charge on any atom is 0.0629 e. The summed E-state index contributed by atoms with van der Waals surface area (Å²) < 4.78 is 72.9. The molecule has 0 aliphatic heterocycles. The van der Waals surface area contributed by atoms with Crippen LogP contribution in [0.4, 0.5) is 0 Å². The smallest absolute Gasteiger partial charge is 0.0616 e. The standard InChI is InChI=1S/C48H30/c1-2-12-34-29-35(26-23-31(34)11-1)32-21-24-33(25-22-32)47-42-17-7-9-19-44(42)48(45-20-10-8-18-43(45)47)36-27-28-41-39-15-4-3-13-37(39)38-14-5-6-16-40(38)46(41)30-36/h1-30H/i7D,8D,9D,10D,17D,18D,19D,20D. The Balaban J connectivity index is 1.34. The van der Waals surface area contributed by atoms with Crippen LogP contribution in [0.2, 0.25) is 0 Å². The highest BCUT2D eigenvalue weighted by atomic mass is 14.2. The summed E-state index contributed by atoms with van der Waals surface area (Å²) in [6.45, 7) is 0. The molecule has 0 spiro atoms. The van der Waals surface area contributed by atoms with E-state index in [1.807, 2.05) is 78.9 Å². The van der Waals surface area contributed by atoms with Crippen LogP contribution >= 0.6 is 0 Å². The van der Waals surface area contributed by atoms with Crippen molar-refractivity contribution >= 4 is 64.6 Å². The summed E-state index contributed by atoms with van der Waals surface area (Å²) in [6, 6.07) is 41.5. The molecule has 0 radical (unpaired) electrons. The van der Waals surface area contributed by atoms with Crippen LogP contribution in [0.15, 0.2) is 182 Å². The maximum atomic E-state index is 9.40. The van der Waals surface area contributed by atoms with Crippen molar-refractivity contribution in [2.45, 2.75) is 0 Å². The van der Waals surface area contributed by atoms with Gasteiger partial charge in [-0.15, -0.1) is 0 Å². The molecule has 0 aliphatic carbocycles. The van der Waals surface area contributed by atoms with Crippen molar-refractivity contribution in [3.63, 3.8) is 0 Å². The van der Waals surface area contributed by atoms with Crippen molar-refractivity contribution < 1.29 is 11.0 Å². The monoisotopic (exact) mass is 614 g/mol. The minimum Gasteiger partial charge on any atom is -0.0616 e. The third kappa shape index (κ3) is 4.10. The van der Waals surface area contributed by atoms with Crippen LogP contribution in [0.25, 0.3) is 98.0 Å². The molecule has 0 N–H and O–H groups in total. The number of hydrogen-bond acceptors (Lipinski definition) is 0. The zero-order valence-electron chi connectivity index (χ0n) is 33.7. The van der Waals surface area contributed by atoms with Gasteiger partial charge in [-0.05, 0) is 110 Å². The summed E-state index contributed by atoms with van der Waals surface area (Å²) in [5.41, 5.74) is 3.76. The molecule has 10 aromatic rings. The van der Waals surface area contributed by atoms with E-state index in [1.54, 1.807) is 0 Å². The molecule has 0 unspecified atom stereocenters. The molecule has 222 valence electrons. The van der Waals surface area contributed by atoms with Gasteiger partial charge < -0.3 is 0 Å². The highest BCUT2D eigenvalue weighted by Crippen LogP contribution is 2.45. The summed E-state index contributed by atoms with van der Waals surface area (Å²) in [5.74, 6) is 0. The molecule has 0 bridgehead atoms. The lowest BCUT2D eigenvalue weighted by atomic mass is 9.84. The van der Waals surface area contributed by atoms with Crippen LogP contribution in [0.5, 0.6) is 0 Å². The fraction of sp³-hybridized carbons (Fsp3) is 0. The Morgan fingerprint density at radius 1 is 0.271 bits per heavy atom. The van der Waals surface area contributed by atoms with Crippen molar-refractivity contribution in [3.05, 3.63) is 182 Å². The van der Waals surface area contributed by atoms with Gasteiger partial charge in [-0.2, -0.15) is 0 Å². The van der Waals surface area contributed by atoms with Gasteiger partial charge in [0.05, 0.1) is 11.0 Å². The van der Waals surface area contributed by atoms with Crippen LogP contribution in [-0.4, -0.2) is 0 Å². The Labute approximate surface area is 290 Å². The zero-order chi connectivity index (χ0) is 38.6. The quantitative estimate of drug-likeness (QED) is 0.137. The van der Waals surface area contributed by atoms with E-state index in [1.165, 1.54) is 0 Å². The first-order valence-electron chi connectivity index (χ1n) is 20.0. The lowest BCUT2D eigenvalue weighted by molar-refractivity contribution is 1.63. The molecule has 0 aromatic heterocycles. The van der Waals surface area contributed by atoms with E-state index in [2.05, 4.69) is 54.6 Å². The van der Waals surface area contributed by atoms with E-state index in [-0.39, 0.29) is 45.7 Å². The SMILES string of the molecule is [2H]c1c([2H])c([2H])c2c(-c3ccc4c5ccccc5c5ccccc5c4c3)c3c([2H])c([2H])c([2H])c([2H])c3c(-c3ccc(-c4ccc5ccccc5c4)cc3)c2c1[2H]. The highest BCUT2D eigenvalue weighted by molar-refractivity contribution is 6.27. The molecule has 10 rings (SSSR count). The normalized spacial score (nSPS) is 14.1. The molecule has 0 amide bonds. The molecule has 0 aliphatic rings. The number of fused-ring (bicyclic) bond motifs is 9. The molecular weight excluding hydrogens is 577 g/mol. The molecule has 0 fully saturated rings. The van der Waals surface area contributed by atoms with E-state index >= 15 is 0 Å². The molecule has 0 heterocycles. The lowest BCUT2D eigenvalue weighted by Crippen LogP contribution is -1.91. The average Bonchev–Trinajstić information content (AvgIpc) is 3.25. The van der Waals surface area contributed by atoms with E-state index < -0.39 is 24.2 Å². The largest absolute Gasteiger partial charge is 0.0629 e. The maximum absolute atomic E-state index is 9.40. The highest BCUT2D eigenvalue weighted by Gasteiger charge is 2.18. The Kier molecular flexibility index (Phi) is 4.46. The van der Waals surface area contributed by atoms with Crippen molar-refractivity contribution in [2.24, 2.45) is 0 Å². The van der Waals surface area contributed by atoms with Gasteiger partial charge in [0.15, 0.2) is 0 Å². The third-order valence-corrected chi connectivity index (χ3v) is 9.66. The molecule has 0 atom stereocenters. The van der Waals surface area contributed by atoms with Crippen LogP contribution < -0.4 is 0 Å². The Hall–Kier alpha value is -6.24. The van der Waals surface area contributed by atoms with E-state index in [4.69, 9.17) is 5.48 Å². The second kappa shape index (κ2) is 10.7. The van der Waals surface area contributed by atoms with Crippen LogP contribution in [0.3, 0.4) is 0 Å². The molecule has 48 heavy (non-hydrogen) atoms. The number of rotatable bonds is 3. The van der Waals surface area contributed by atoms with Gasteiger partial charge >= 0.3 is 0 Å². The Morgan fingerprint density at radius 2 is 0.688 bits per heavy atom. The van der Waals surface area contributed by atoms with Gasteiger partial charge in [0.2, 0.25) is 0 Å². The third-order valence-electron chi connectivity index (χ3n) is 9.66. The van der Waals surface area contributed by atoms with Crippen LogP contribution in [-0.2, 0) is 0 Å². The summed E-state index contributed by atoms with van der Waals surface area (Å²) in [4.78, 5) is 0. The van der Waals surface area contributed by atoms with Crippen LogP contribution in [0, 0.1) is 0 Å². The lowest BCUT2D eigenvalue weighted by Gasteiger charge is -2.19. The number of benzene rings is 10. The van der Waals surface area contributed by atoms with Gasteiger partial charge in [0, 0.05) is 0 Å². The van der Waals surface area contributed by atoms with Gasteiger partial charge in [-0.1, -0.05) is 170 Å². The summed E-state index contributed by atoms with van der Waals surface area (Å²) >= 11 is 0. The van der Waals surface area contributed by atoms with Crippen molar-refractivity contribution in [1.82, 2.24) is 0 Å². The second-order valence-corrected chi connectivity index (χ2v) is 12.2. The fourth-order valence-corrected chi connectivity index (χ4v) is 7.46. The van der Waals surface area contributed by atoms with Crippen molar-refractivity contribution in [2.75, 3.05) is 0 Å². The van der Waals surface area contributed by atoms with Gasteiger partial charge in [0.25, 0.3) is 0 Å². The van der Waals surface area contributed by atoms with E-state index in [0.717, 1.165) is 54.2 Å². The predicted octanol–water partition coefficient (Wildman–Crippen LogP) is 13.6. The summed E-state index contributed by atoms with van der Waals surface area (Å²) in [5, 5.41) is 9.20. The van der Waals surface area contributed by atoms with Crippen molar-refractivity contribution in [1.29, 1.82) is 0 Å². The summed E-state index contributed by atoms with van der Waals surface area (Å²) in [6.07, 6.45) is 0. The topological polar surface area (TPSA) is 0 Å². The molecule has 0 saturated heterocycles. The van der Waals surface area contributed by atoms with Crippen molar-refractivity contribution in [3.8, 4) is 33.4 Å². The van der Waals surface area contributed by atoms with Gasteiger partial charge in [-0.25, -0.2) is 0 Å². The predicted molar refractivity (Wildman–Crippen MR) is 208 cm³/mol. The summed E-state index contributed by atoms with van der Waals surface area (Å²) in [7, 11) is 0. The van der Waals surface area contributed by atoms with E-state index in [0.29, 0.717) is 22.3 Å². The molecule has 0 heteroatoms. The molecular formula is C48H30. The van der Waals surface area contributed by atoms with Gasteiger partial charge in [0.1, 0.15) is 0 Å². The minimum absolute atomic E-state index is 0.199. The van der Waals surface area contributed by atoms with Gasteiger partial charge in [-0.3, -0.25) is 0 Å². The average molecular weight is 615 g/mol. The molecule has 0 nitrogen and oxygen atoms in total. The first kappa shape index (κ1) is 20.1. The zero-order valence-corrected chi connectivity index (χ0v) is 25.7. The second-order valence-electron chi connectivity index (χ2n) is 12.2.